The van der Waals surface area contributed by atoms with E-state index in [1.54, 1.807) is 18.2 Å². The first-order chi connectivity index (χ1) is 15.9. The summed E-state index contributed by atoms with van der Waals surface area (Å²) in [4.78, 5) is 12.8. The Morgan fingerprint density at radius 2 is 1.91 bits per heavy atom. The number of nitrogens with one attached hydrogen (secondary N) is 1. The number of hydrogen-bond donors (Lipinski definition) is 1. The van der Waals surface area contributed by atoms with Gasteiger partial charge in [0.15, 0.2) is 0 Å². The maximum atomic E-state index is 13.3. The summed E-state index contributed by atoms with van der Waals surface area (Å²) in [6.45, 7) is 0.585. The van der Waals surface area contributed by atoms with Crippen LogP contribution in [0.4, 0.5) is 10.1 Å². The van der Waals surface area contributed by atoms with E-state index >= 15 is 0 Å². The van der Waals surface area contributed by atoms with E-state index in [1.807, 2.05) is 12.1 Å². The third-order valence-corrected chi connectivity index (χ3v) is 7.11. The van der Waals surface area contributed by atoms with E-state index in [1.165, 1.54) is 47.8 Å². The van der Waals surface area contributed by atoms with E-state index < -0.39 is 21.7 Å². The van der Waals surface area contributed by atoms with Gasteiger partial charge in [0.1, 0.15) is 23.9 Å². The number of rotatable bonds is 8. The summed E-state index contributed by atoms with van der Waals surface area (Å²) in [5, 5.41) is 2.68. The number of hydrogen-bond acceptors (Lipinski definition) is 5. The first-order valence-corrected chi connectivity index (χ1v) is 11.8. The normalized spacial score (nSPS) is 12.8. The zero-order valence-corrected chi connectivity index (χ0v) is 18.8. The fourth-order valence-corrected chi connectivity index (χ4v) is 5.23. The van der Waals surface area contributed by atoms with Crippen LogP contribution in [0.5, 0.6) is 11.5 Å². The van der Waals surface area contributed by atoms with Gasteiger partial charge in [-0.2, -0.15) is 0 Å². The maximum absolute atomic E-state index is 13.3. The van der Waals surface area contributed by atoms with Crippen LogP contribution in [-0.2, 0) is 16.4 Å². The standard InChI is InChI=1S/C24H23FN2O5S/c1-31-23-10-9-20(33(29,30)27-13-11-17-5-2-3-8-22(17)27)16-21(23)24(28)26-12-14-32-19-7-4-6-18(25)15-19/h2-10,15-16H,11-14H2,1H3,(H,26,28). The first kappa shape index (κ1) is 22.6. The molecule has 0 atom stereocenters. The number of carbonyl (C=O) groups excluding carboxylic acids is 1. The molecular formula is C24H23FN2O5S. The number of para-hydroxylation sites is 1. The average Bonchev–Trinajstić information content (AvgIpc) is 3.26. The van der Waals surface area contributed by atoms with Crippen molar-refractivity contribution in [2.24, 2.45) is 0 Å². The predicted molar refractivity (Wildman–Crippen MR) is 122 cm³/mol. The van der Waals surface area contributed by atoms with Gasteiger partial charge in [-0.1, -0.05) is 24.3 Å². The molecule has 4 rings (SSSR count). The third-order valence-electron chi connectivity index (χ3n) is 5.30. The molecule has 1 aliphatic rings. The summed E-state index contributed by atoms with van der Waals surface area (Å²) in [6.07, 6.45) is 0.629. The second-order valence-electron chi connectivity index (χ2n) is 7.38. The Hall–Kier alpha value is -3.59. The zero-order chi connectivity index (χ0) is 23.4. The van der Waals surface area contributed by atoms with E-state index in [2.05, 4.69) is 5.32 Å². The molecule has 0 aromatic heterocycles. The molecule has 0 aliphatic carbocycles. The van der Waals surface area contributed by atoms with Gasteiger partial charge in [-0.05, 0) is 48.4 Å². The molecule has 1 N–H and O–H groups in total. The molecule has 3 aromatic rings. The topological polar surface area (TPSA) is 84.9 Å². The van der Waals surface area contributed by atoms with Crippen LogP contribution in [0.3, 0.4) is 0 Å². The van der Waals surface area contributed by atoms with Crippen molar-refractivity contribution < 1.29 is 27.1 Å². The minimum absolute atomic E-state index is 0.00108. The molecule has 1 amide bonds. The lowest BCUT2D eigenvalue weighted by Crippen LogP contribution is -2.30. The molecule has 0 bridgehead atoms. The molecule has 172 valence electrons. The van der Waals surface area contributed by atoms with Crippen molar-refractivity contribution in [2.75, 3.05) is 31.1 Å². The van der Waals surface area contributed by atoms with E-state index in [0.29, 0.717) is 24.4 Å². The Bertz CT molecular complexity index is 1280. The molecule has 0 fully saturated rings. The Morgan fingerprint density at radius 1 is 1.09 bits per heavy atom. The van der Waals surface area contributed by atoms with Crippen molar-refractivity contribution in [3.05, 3.63) is 83.7 Å². The van der Waals surface area contributed by atoms with Gasteiger partial charge in [0.2, 0.25) is 0 Å². The summed E-state index contributed by atoms with van der Waals surface area (Å²) < 4.78 is 51.9. The molecule has 33 heavy (non-hydrogen) atoms. The minimum atomic E-state index is -3.86. The monoisotopic (exact) mass is 470 g/mol. The van der Waals surface area contributed by atoms with Crippen molar-refractivity contribution in [1.82, 2.24) is 5.32 Å². The summed E-state index contributed by atoms with van der Waals surface area (Å²) in [5.41, 5.74) is 1.71. The number of fused-ring (bicyclic) bond motifs is 1. The second-order valence-corrected chi connectivity index (χ2v) is 9.24. The van der Waals surface area contributed by atoms with E-state index in [9.17, 15) is 17.6 Å². The van der Waals surface area contributed by atoms with Crippen molar-refractivity contribution in [2.45, 2.75) is 11.3 Å². The van der Waals surface area contributed by atoms with Crippen molar-refractivity contribution in [3.63, 3.8) is 0 Å². The quantitative estimate of drug-likeness (QED) is 0.510. The van der Waals surface area contributed by atoms with Crippen LogP contribution in [0.2, 0.25) is 0 Å². The summed E-state index contributed by atoms with van der Waals surface area (Å²) in [5.74, 6) is -0.325. The van der Waals surface area contributed by atoms with Gasteiger partial charge < -0.3 is 14.8 Å². The van der Waals surface area contributed by atoms with Crippen LogP contribution >= 0.6 is 0 Å². The van der Waals surface area contributed by atoms with Gasteiger partial charge in [0, 0.05) is 12.6 Å². The minimum Gasteiger partial charge on any atom is -0.496 e. The third kappa shape index (κ3) is 4.78. The lowest BCUT2D eigenvalue weighted by molar-refractivity contribution is 0.0943. The number of halogens is 1. The molecule has 0 saturated heterocycles. The molecule has 1 heterocycles. The highest BCUT2D eigenvalue weighted by Crippen LogP contribution is 2.33. The van der Waals surface area contributed by atoms with Crippen molar-refractivity contribution >= 4 is 21.6 Å². The van der Waals surface area contributed by atoms with Gasteiger partial charge in [0.05, 0.1) is 29.8 Å². The Labute approximate surface area is 191 Å². The van der Waals surface area contributed by atoms with Crippen LogP contribution in [0.15, 0.2) is 71.6 Å². The SMILES string of the molecule is COc1ccc(S(=O)(=O)N2CCc3ccccc32)cc1C(=O)NCCOc1cccc(F)c1. The number of amides is 1. The number of methoxy groups -OCH3 is 1. The molecular weight excluding hydrogens is 447 g/mol. The number of benzene rings is 3. The number of anilines is 1. The van der Waals surface area contributed by atoms with Gasteiger partial charge in [-0.15, -0.1) is 0 Å². The molecule has 9 heteroatoms. The van der Waals surface area contributed by atoms with Gasteiger partial charge in [-0.25, -0.2) is 12.8 Å². The molecule has 0 radical (unpaired) electrons. The zero-order valence-electron chi connectivity index (χ0n) is 18.0. The van der Waals surface area contributed by atoms with Gasteiger partial charge >= 0.3 is 0 Å². The van der Waals surface area contributed by atoms with E-state index in [0.717, 1.165) is 5.56 Å². The van der Waals surface area contributed by atoms with Crippen LogP contribution in [0.1, 0.15) is 15.9 Å². The smallest absolute Gasteiger partial charge is 0.264 e. The molecule has 3 aromatic carbocycles. The molecule has 0 saturated carbocycles. The highest BCUT2D eigenvalue weighted by Gasteiger charge is 2.31. The lowest BCUT2D eigenvalue weighted by atomic mass is 10.2. The van der Waals surface area contributed by atoms with Crippen LogP contribution in [0.25, 0.3) is 0 Å². The second kappa shape index (κ2) is 9.50. The van der Waals surface area contributed by atoms with Gasteiger partial charge in [0.25, 0.3) is 15.9 Å². The fourth-order valence-electron chi connectivity index (χ4n) is 3.70. The maximum Gasteiger partial charge on any atom is 0.264 e. The van der Waals surface area contributed by atoms with Crippen molar-refractivity contribution in [3.8, 4) is 11.5 Å². The largest absolute Gasteiger partial charge is 0.496 e. The summed E-state index contributed by atoms with van der Waals surface area (Å²) in [7, 11) is -2.45. The fraction of sp³-hybridized carbons (Fsp3) is 0.208. The van der Waals surface area contributed by atoms with E-state index in [4.69, 9.17) is 9.47 Å². The Balaban J connectivity index is 1.49. The molecule has 7 nitrogen and oxygen atoms in total. The highest BCUT2D eigenvalue weighted by molar-refractivity contribution is 7.92. The predicted octanol–water partition coefficient (Wildman–Crippen LogP) is 3.39. The van der Waals surface area contributed by atoms with Crippen LogP contribution < -0.4 is 19.1 Å². The average molecular weight is 471 g/mol. The number of carbonyl (C=O) groups is 1. The number of ether oxygens (including phenoxy) is 2. The van der Waals surface area contributed by atoms with Crippen molar-refractivity contribution in [1.29, 1.82) is 0 Å². The summed E-state index contributed by atoms with van der Waals surface area (Å²) >= 11 is 0. The Kier molecular flexibility index (Phi) is 6.50. The van der Waals surface area contributed by atoms with E-state index in [-0.39, 0.29) is 29.4 Å². The number of sulfonamides is 1. The van der Waals surface area contributed by atoms with Crippen LogP contribution in [0, 0.1) is 5.82 Å². The van der Waals surface area contributed by atoms with Gasteiger partial charge in [-0.3, -0.25) is 9.10 Å². The number of nitrogens with zero attached hydrogens (tertiary/aromatic N) is 1. The first-order valence-electron chi connectivity index (χ1n) is 10.4. The molecule has 1 aliphatic heterocycles. The molecule has 0 spiro atoms. The lowest BCUT2D eigenvalue weighted by Gasteiger charge is -2.20. The molecule has 0 unspecified atom stereocenters. The van der Waals surface area contributed by atoms with Crippen LogP contribution in [-0.4, -0.2) is 41.1 Å². The Morgan fingerprint density at radius 3 is 2.70 bits per heavy atom. The summed E-state index contributed by atoms with van der Waals surface area (Å²) in [6, 6.07) is 17.3. The highest BCUT2D eigenvalue weighted by atomic mass is 32.2.